The van der Waals surface area contributed by atoms with Gasteiger partial charge in [0.05, 0.1) is 0 Å². The van der Waals surface area contributed by atoms with Gasteiger partial charge in [-0.1, -0.05) is 71.9 Å². The summed E-state index contributed by atoms with van der Waals surface area (Å²) in [6.45, 7) is 0.599. The average Bonchev–Trinajstić information content (AvgIpc) is 2.64. The molecule has 4 N–H and O–H groups in total. The van der Waals surface area contributed by atoms with Crippen LogP contribution >= 0.6 is 0 Å². The second-order valence-electron chi connectivity index (χ2n) is 4.95. The summed E-state index contributed by atoms with van der Waals surface area (Å²) < 4.78 is 5.10. The molecule has 0 saturated carbocycles. The first-order valence-corrected chi connectivity index (χ1v) is 7.38. The van der Waals surface area contributed by atoms with E-state index in [9.17, 15) is 4.79 Å². The fourth-order valence-electron chi connectivity index (χ4n) is 1.93. The Hall–Kier alpha value is -3.28. The van der Waals surface area contributed by atoms with Gasteiger partial charge < -0.3 is 21.0 Å². The summed E-state index contributed by atoms with van der Waals surface area (Å²) in [5.74, 6) is 0.0633. The Kier molecular flexibility index (Phi) is 6.40. The maximum absolute atomic E-state index is 11.6. The topological polar surface area (TPSA) is 96.9 Å². The van der Waals surface area contributed by atoms with E-state index < -0.39 is 6.09 Å². The van der Waals surface area contributed by atoms with Gasteiger partial charge in [0.15, 0.2) is 5.84 Å². The highest BCUT2D eigenvalue weighted by molar-refractivity contribution is 5.97. The second kappa shape index (κ2) is 8.99. The number of amides is 1. The quantitative estimate of drug-likeness (QED) is 0.329. The van der Waals surface area contributed by atoms with Gasteiger partial charge in [-0.2, -0.15) is 0 Å². The van der Waals surface area contributed by atoms with Crippen LogP contribution in [0.4, 0.5) is 4.79 Å². The molecule has 24 heavy (non-hydrogen) atoms. The predicted molar refractivity (Wildman–Crippen MR) is 92.6 cm³/mol. The van der Waals surface area contributed by atoms with Gasteiger partial charge in [-0.15, -0.1) is 0 Å². The molecule has 1 amide bonds. The SMILES string of the molecule is NC(=NO)c1ccc(C=CCNC(=O)OCc2ccccc2)cc1. The van der Waals surface area contributed by atoms with Crippen molar-refractivity contribution < 1.29 is 14.7 Å². The maximum Gasteiger partial charge on any atom is 0.407 e. The van der Waals surface area contributed by atoms with Gasteiger partial charge in [0, 0.05) is 12.1 Å². The third-order valence-corrected chi connectivity index (χ3v) is 3.20. The summed E-state index contributed by atoms with van der Waals surface area (Å²) in [6.07, 6.45) is 3.20. The van der Waals surface area contributed by atoms with Crippen molar-refractivity contribution in [3.63, 3.8) is 0 Å². The molecule has 0 atom stereocenters. The molecule has 6 heteroatoms. The van der Waals surface area contributed by atoms with E-state index in [0.29, 0.717) is 12.1 Å². The number of alkyl carbamates (subject to hydrolysis) is 1. The number of carbonyl (C=O) groups excluding carboxylic acids is 1. The normalized spacial score (nSPS) is 11.4. The Bertz CT molecular complexity index is 710. The number of carbonyl (C=O) groups is 1. The van der Waals surface area contributed by atoms with Crippen molar-refractivity contribution in [1.29, 1.82) is 0 Å². The van der Waals surface area contributed by atoms with Crippen LogP contribution in [0, 0.1) is 0 Å². The minimum atomic E-state index is -0.467. The van der Waals surface area contributed by atoms with Crippen LogP contribution in [0.1, 0.15) is 16.7 Å². The Morgan fingerprint density at radius 2 is 1.88 bits per heavy atom. The summed E-state index contributed by atoms with van der Waals surface area (Å²) in [5, 5.41) is 14.2. The lowest BCUT2D eigenvalue weighted by molar-refractivity contribution is 0.141. The number of nitrogens with two attached hydrogens (primary N) is 1. The first-order valence-electron chi connectivity index (χ1n) is 7.38. The molecule has 0 radical (unpaired) electrons. The minimum absolute atomic E-state index is 0.0633. The molecule has 2 aromatic carbocycles. The van der Waals surface area contributed by atoms with Crippen LogP contribution in [0.15, 0.2) is 65.8 Å². The molecule has 0 aromatic heterocycles. The van der Waals surface area contributed by atoms with E-state index in [1.54, 1.807) is 12.1 Å². The predicted octanol–water partition coefficient (Wildman–Crippen LogP) is 2.72. The highest BCUT2D eigenvalue weighted by atomic mass is 16.5. The number of hydrogen-bond acceptors (Lipinski definition) is 4. The van der Waals surface area contributed by atoms with Crippen molar-refractivity contribution in [3.8, 4) is 0 Å². The molecule has 0 fully saturated rings. The van der Waals surface area contributed by atoms with E-state index in [0.717, 1.165) is 11.1 Å². The molecular formula is C18H19N3O3. The number of nitrogens with one attached hydrogen (secondary N) is 1. The van der Waals surface area contributed by atoms with E-state index >= 15 is 0 Å². The standard InChI is InChI=1S/C18H19N3O3/c19-17(21-23)16-10-8-14(9-11-16)7-4-12-20-18(22)24-13-15-5-2-1-3-6-15/h1-11,23H,12-13H2,(H2,19,21)(H,20,22). The number of hydrogen-bond donors (Lipinski definition) is 3. The average molecular weight is 325 g/mol. The molecule has 0 bridgehead atoms. The second-order valence-corrected chi connectivity index (χ2v) is 4.95. The Labute approximate surface area is 140 Å². The van der Waals surface area contributed by atoms with E-state index in [4.69, 9.17) is 15.7 Å². The highest BCUT2D eigenvalue weighted by Crippen LogP contribution is 2.06. The van der Waals surface area contributed by atoms with Crippen molar-refractivity contribution in [3.05, 3.63) is 77.4 Å². The highest BCUT2D eigenvalue weighted by Gasteiger charge is 2.00. The van der Waals surface area contributed by atoms with E-state index in [-0.39, 0.29) is 12.4 Å². The summed E-state index contributed by atoms with van der Waals surface area (Å²) in [5.41, 5.74) is 8.00. The number of nitrogens with zero attached hydrogens (tertiary/aromatic N) is 1. The first-order chi connectivity index (χ1) is 11.7. The van der Waals surface area contributed by atoms with E-state index in [1.165, 1.54) is 0 Å². The summed E-state index contributed by atoms with van der Waals surface area (Å²) in [7, 11) is 0. The molecule has 0 unspecified atom stereocenters. The summed E-state index contributed by atoms with van der Waals surface area (Å²) >= 11 is 0. The van der Waals surface area contributed by atoms with Gasteiger partial charge in [0.1, 0.15) is 6.61 Å². The van der Waals surface area contributed by atoms with Crippen molar-refractivity contribution in [2.75, 3.05) is 6.54 Å². The van der Waals surface area contributed by atoms with Crippen molar-refractivity contribution in [1.82, 2.24) is 5.32 Å². The zero-order valence-corrected chi connectivity index (χ0v) is 13.1. The molecule has 2 rings (SSSR count). The molecule has 0 heterocycles. The zero-order chi connectivity index (χ0) is 17.2. The number of amidine groups is 1. The van der Waals surface area contributed by atoms with Crippen LogP contribution in [-0.4, -0.2) is 23.7 Å². The molecule has 0 aliphatic heterocycles. The number of ether oxygens (including phenoxy) is 1. The minimum Gasteiger partial charge on any atom is -0.445 e. The molecule has 0 aliphatic rings. The lowest BCUT2D eigenvalue weighted by atomic mass is 10.1. The van der Waals surface area contributed by atoms with Crippen LogP contribution in [0.25, 0.3) is 6.08 Å². The molecule has 0 aliphatic carbocycles. The zero-order valence-electron chi connectivity index (χ0n) is 13.1. The van der Waals surface area contributed by atoms with Crippen LogP contribution in [0.5, 0.6) is 0 Å². The maximum atomic E-state index is 11.6. The van der Waals surface area contributed by atoms with Crippen LogP contribution in [-0.2, 0) is 11.3 Å². The molecule has 0 saturated heterocycles. The monoisotopic (exact) mass is 325 g/mol. The van der Waals surface area contributed by atoms with Crippen molar-refractivity contribution in [2.24, 2.45) is 10.9 Å². The lowest BCUT2D eigenvalue weighted by Crippen LogP contribution is -2.24. The van der Waals surface area contributed by atoms with Gasteiger partial charge in [-0.25, -0.2) is 4.79 Å². The summed E-state index contributed by atoms with van der Waals surface area (Å²) in [6, 6.07) is 16.6. The first kappa shape index (κ1) is 17.1. The lowest BCUT2D eigenvalue weighted by Gasteiger charge is -2.05. The molecular weight excluding hydrogens is 306 g/mol. The van der Waals surface area contributed by atoms with E-state index in [1.807, 2.05) is 54.6 Å². The van der Waals surface area contributed by atoms with Gasteiger partial charge in [0.2, 0.25) is 0 Å². The number of benzene rings is 2. The third kappa shape index (κ3) is 5.49. The van der Waals surface area contributed by atoms with Crippen LogP contribution in [0.3, 0.4) is 0 Å². The Morgan fingerprint density at radius 1 is 1.17 bits per heavy atom. The molecule has 2 aromatic rings. The van der Waals surface area contributed by atoms with Crippen LogP contribution < -0.4 is 11.1 Å². The van der Waals surface area contributed by atoms with Gasteiger partial charge in [-0.05, 0) is 11.1 Å². The fourth-order valence-corrected chi connectivity index (χ4v) is 1.93. The molecule has 124 valence electrons. The van der Waals surface area contributed by atoms with Crippen LogP contribution in [0.2, 0.25) is 0 Å². The number of rotatable bonds is 6. The van der Waals surface area contributed by atoms with Gasteiger partial charge >= 0.3 is 6.09 Å². The van der Waals surface area contributed by atoms with Crippen molar-refractivity contribution in [2.45, 2.75) is 6.61 Å². The Morgan fingerprint density at radius 3 is 2.54 bits per heavy atom. The van der Waals surface area contributed by atoms with Gasteiger partial charge in [0.25, 0.3) is 0 Å². The van der Waals surface area contributed by atoms with Gasteiger partial charge in [-0.3, -0.25) is 0 Å². The Balaban J connectivity index is 1.73. The number of oxime groups is 1. The smallest absolute Gasteiger partial charge is 0.407 e. The largest absolute Gasteiger partial charge is 0.445 e. The fraction of sp³-hybridized carbons (Fsp3) is 0.111. The van der Waals surface area contributed by atoms with Crippen molar-refractivity contribution >= 4 is 18.0 Å². The summed E-state index contributed by atoms with van der Waals surface area (Å²) in [4.78, 5) is 11.6. The molecule has 6 nitrogen and oxygen atoms in total. The van der Waals surface area contributed by atoms with E-state index in [2.05, 4.69) is 10.5 Å². The molecule has 0 spiro atoms. The third-order valence-electron chi connectivity index (χ3n) is 3.20.